The highest BCUT2D eigenvalue weighted by atomic mass is 35.5. The van der Waals surface area contributed by atoms with Crippen LogP contribution in [0.25, 0.3) is 0 Å². The Bertz CT molecular complexity index is 574. The van der Waals surface area contributed by atoms with Gasteiger partial charge in [-0.25, -0.2) is 0 Å². The zero-order valence-corrected chi connectivity index (χ0v) is 14.7. The second-order valence-corrected chi connectivity index (χ2v) is 7.36. The lowest BCUT2D eigenvalue weighted by Crippen LogP contribution is -2.40. The Hall–Kier alpha value is -1.39. The van der Waals surface area contributed by atoms with E-state index in [4.69, 9.17) is 11.6 Å². The highest BCUT2D eigenvalue weighted by Crippen LogP contribution is 2.24. The molecule has 2 aliphatic rings. The number of ketones is 1. The van der Waals surface area contributed by atoms with Crippen molar-refractivity contribution in [1.82, 2.24) is 10.2 Å². The summed E-state index contributed by atoms with van der Waals surface area (Å²) >= 11 is 5.87. The molecule has 2 aliphatic heterocycles. The number of carbonyl (C=O) groups excluding carboxylic acids is 2. The lowest BCUT2D eigenvalue weighted by molar-refractivity contribution is -0.132. The van der Waals surface area contributed by atoms with Crippen molar-refractivity contribution in [2.24, 2.45) is 11.8 Å². The number of nitrogens with one attached hydrogen (secondary N) is 1. The van der Waals surface area contributed by atoms with Gasteiger partial charge in [0.2, 0.25) is 5.91 Å². The van der Waals surface area contributed by atoms with E-state index in [0.717, 1.165) is 37.9 Å². The molecule has 2 heterocycles. The Morgan fingerprint density at radius 1 is 1.12 bits per heavy atom. The summed E-state index contributed by atoms with van der Waals surface area (Å²) in [7, 11) is 0. The van der Waals surface area contributed by atoms with Gasteiger partial charge in [-0.15, -0.1) is 0 Å². The van der Waals surface area contributed by atoms with Gasteiger partial charge in [-0.3, -0.25) is 9.59 Å². The first-order valence-corrected chi connectivity index (χ1v) is 9.29. The molecule has 0 bridgehead atoms. The van der Waals surface area contributed by atoms with Gasteiger partial charge in [0, 0.05) is 36.0 Å². The van der Waals surface area contributed by atoms with Gasteiger partial charge in [0.1, 0.15) is 0 Å². The fourth-order valence-electron chi connectivity index (χ4n) is 3.69. The minimum absolute atomic E-state index is 0.0225. The molecule has 0 radical (unpaired) electrons. The standard InChI is InChI=1S/C19H25ClN2O2/c20-17-4-2-15(3-5-17)19(24)16-8-11-22(12-9-16)18(23)6-1-14-7-10-21-13-14/h2-5,14,16,21H,1,6-13H2. The predicted molar refractivity (Wildman–Crippen MR) is 95.3 cm³/mol. The van der Waals surface area contributed by atoms with Crippen LogP contribution in [0.2, 0.25) is 5.02 Å². The molecule has 1 unspecified atom stereocenters. The molecular formula is C19H25ClN2O2. The first-order chi connectivity index (χ1) is 11.6. The normalized spacial score (nSPS) is 21.9. The molecule has 3 rings (SSSR count). The molecule has 5 heteroatoms. The number of hydrogen-bond acceptors (Lipinski definition) is 3. The van der Waals surface area contributed by atoms with E-state index in [1.807, 2.05) is 4.90 Å². The quantitative estimate of drug-likeness (QED) is 0.831. The maximum atomic E-state index is 12.5. The van der Waals surface area contributed by atoms with Gasteiger partial charge in [0.25, 0.3) is 0 Å². The Kier molecular flexibility index (Phi) is 5.90. The summed E-state index contributed by atoms with van der Waals surface area (Å²) in [4.78, 5) is 26.8. The van der Waals surface area contributed by atoms with Crippen molar-refractivity contribution in [1.29, 1.82) is 0 Å². The van der Waals surface area contributed by atoms with E-state index in [9.17, 15) is 9.59 Å². The minimum atomic E-state index is 0.0225. The second-order valence-electron chi connectivity index (χ2n) is 6.92. The van der Waals surface area contributed by atoms with Crippen LogP contribution in [0.5, 0.6) is 0 Å². The molecule has 0 spiro atoms. The van der Waals surface area contributed by atoms with Gasteiger partial charge in [0.15, 0.2) is 5.78 Å². The van der Waals surface area contributed by atoms with Crippen LogP contribution in [0.1, 0.15) is 42.5 Å². The topological polar surface area (TPSA) is 49.4 Å². The predicted octanol–water partition coefficient (Wildman–Crippen LogP) is 3.15. The number of carbonyl (C=O) groups is 2. The van der Waals surface area contributed by atoms with E-state index in [1.54, 1.807) is 24.3 Å². The number of amides is 1. The minimum Gasteiger partial charge on any atom is -0.343 e. The van der Waals surface area contributed by atoms with E-state index in [2.05, 4.69) is 5.32 Å². The molecule has 4 nitrogen and oxygen atoms in total. The van der Waals surface area contributed by atoms with Crippen molar-refractivity contribution < 1.29 is 9.59 Å². The number of likely N-dealkylation sites (tertiary alicyclic amines) is 1. The van der Waals surface area contributed by atoms with Crippen LogP contribution in [0.4, 0.5) is 0 Å². The lowest BCUT2D eigenvalue weighted by Gasteiger charge is -2.31. The molecule has 0 aliphatic carbocycles. The van der Waals surface area contributed by atoms with E-state index < -0.39 is 0 Å². The van der Waals surface area contributed by atoms with Gasteiger partial charge in [-0.2, -0.15) is 0 Å². The molecule has 130 valence electrons. The van der Waals surface area contributed by atoms with Crippen LogP contribution >= 0.6 is 11.6 Å². The van der Waals surface area contributed by atoms with Gasteiger partial charge in [0.05, 0.1) is 0 Å². The molecule has 1 amide bonds. The molecule has 0 saturated carbocycles. The van der Waals surface area contributed by atoms with Crippen molar-refractivity contribution in [2.75, 3.05) is 26.2 Å². The molecule has 1 N–H and O–H groups in total. The SMILES string of the molecule is O=C(c1ccc(Cl)cc1)C1CCN(C(=O)CCC2CCNC2)CC1. The zero-order valence-electron chi connectivity index (χ0n) is 14.0. The second kappa shape index (κ2) is 8.13. The van der Waals surface area contributed by atoms with Gasteiger partial charge in [-0.05, 0) is 69.0 Å². The Morgan fingerprint density at radius 3 is 2.46 bits per heavy atom. The van der Waals surface area contributed by atoms with E-state index in [-0.39, 0.29) is 17.6 Å². The van der Waals surface area contributed by atoms with Crippen LogP contribution in [-0.2, 0) is 4.79 Å². The maximum Gasteiger partial charge on any atom is 0.222 e. The van der Waals surface area contributed by atoms with Gasteiger partial charge >= 0.3 is 0 Å². The number of rotatable bonds is 5. The van der Waals surface area contributed by atoms with Gasteiger partial charge < -0.3 is 10.2 Å². The summed E-state index contributed by atoms with van der Waals surface area (Å²) in [5, 5.41) is 3.99. The largest absolute Gasteiger partial charge is 0.343 e. The summed E-state index contributed by atoms with van der Waals surface area (Å²) in [6.07, 6.45) is 4.33. The molecule has 1 aromatic carbocycles. The van der Waals surface area contributed by atoms with Crippen molar-refractivity contribution in [3.05, 3.63) is 34.9 Å². The molecule has 2 fully saturated rings. The number of hydrogen-bond donors (Lipinski definition) is 1. The third-order valence-electron chi connectivity index (χ3n) is 5.28. The van der Waals surface area contributed by atoms with Crippen LogP contribution < -0.4 is 5.32 Å². The number of piperidine rings is 1. The first kappa shape index (κ1) is 17.4. The maximum absolute atomic E-state index is 12.5. The van der Waals surface area contributed by atoms with Crippen LogP contribution in [0.15, 0.2) is 24.3 Å². The lowest BCUT2D eigenvalue weighted by atomic mass is 9.88. The fraction of sp³-hybridized carbons (Fsp3) is 0.579. The number of halogens is 1. The van der Waals surface area contributed by atoms with Crippen LogP contribution in [0.3, 0.4) is 0 Å². The van der Waals surface area contributed by atoms with Crippen molar-refractivity contribution in [3.8, 4) is 0 Å². The molecule has 1 aromatic rings. The Morgan fingerprint density at radius 2 is 1.83 bits per heavy atom. The Balaban J connectivity index is 1.45. The van der Waals surface area contributed by atoms with Crippen LogP contribution in [0, 0.1) is 11.8 Å². The third-order valence-corrected chi connectivity index (χ3v) is 5.53. The summed E-state index contributed by atoms with van der Waals surface area (Å²) in [6.45, 7) is 3.53. The summed E-state index contributed by atoms with van der Waals surface area (Å²) < 4.78 is 0. The van der Waals surface area contributed by atoms with E-state index in [0.29, 0.717) is 30.5 Å². The van der Waals surface area contributed by atoms with Gasteiger partial charge in [-0.1, -0.05) is 11.6 Å². The average molecular weight is 349 g/mol. The average Bonchev–Trinajstić information content (AvgIpc) is 3.13. The van der Waals surface area contributed by atoms with E-state index in [1.165, 1.54) is 6.42 Å². The zero-order chi connectivity index (χ0) is 16.9. The molecule has 2 saturated heterocycles. The molecule has 0 aromatic heterocycles. The fourth-order valence-corrected chi connectivity index (χ4v) is 3.81. The van der Waals surface area contributed by atoms with Crippen molar-refractivity contribution >= 4 is 23.3 Å². The highest BCUT2D eigenvalue weighted by Gasteiger charge is 2.28. The number of nitrogens with zero attached hydrogens (tertiary/aromatic N) is 1. The summed E-state index contributed by atoms with van der Waals surface area (Å²) in [6, 6.07) is 7.09. The monoisotopic (exact) mass is 348 g/mol. The number of Topliss-reactive ketones (excluding diaryl/α,β-unsaturated/α-hetero) is 1. The molecule has 1 atom stereocenters. The third kappa shape index (κ3) is 4.37. The van der Waals surface area contributed by atoms with Crippen LogP contribution in [-0.4, -0.2) is 42.8 Å². The smallest absolute Gasteiger partial charge is 0.222 e. The van der Waals surface area contributed by atoms with Crippen molar-refractivity contribution in [2.45, 2.75) is 32.1 Å². The van der Waals surface area contributed by atoms with Crippen molar-refractivity contribution in [3.63, 3.8) is 0 Å². The summed E-state index contributed by atoms with van der Waals surface area (Å²) in [5.41, 5.74) is 0.720. The summed E-state index contributed by atoms with van der Waals surface area (Å²) in [5.74, 6) is 1.10. The molecule has 24 heavy (non-hydrogen) atoms. The molecular weight excluding hydrogens is 324 g/mol. The number of benzene rings is 1. The first-order valence-electron chi connectivity index (χ1n) is 8.92. The van der Waals surface area contributed by atoms with E-state index >= 15 is 0 Å². The highest BCUT2D eigenvalue weighted by molar-refractivity contribution is 6.30. The Labute approximate surface area is 148 Å².